The lowest BCUT2D eigenvalue weighted by molar-refractivity contribution is 0.0865. The molecule has 4 heteroatoms. The highest BCUT2D eigenvalue weighted by Crippen LogP contribution is 2.26. The van der Waals surface area contributed by atoms with Crippen molar-refractivity contribution in [1.82, 2.24) is 10.2 Å². The van der Waals surface area contributed by atoms with Gasteiger partial charge in [-0.25, -0.2) is 0 Å². The lowest BCUT2D eigenvalue weighted by atomic mass is 9.99. The van der Waals surface area contributed by atoms with Gasteiger partial charge in [0.1, 0.15) is 0 Å². The number of benzene rings is 1. The molecule has 0 bridgehead atoms. The zero-order chi connectivity index (χ0) is 15.1. The zero-order valence-corrected chi connectivity index (χ0v) is 13.6. The summed E-state index contributed by atoms with van der Waals surface area (Å²) in [5.41, 5.74) is 1.18. The highest BCUT2D eigenvalue weighted by molar-refractivity contribution is 6.31. The van der Waals surface area contributed by atoms with Crippen molar-refractivity contribution in [1.29, 1.82) is 0 Å². The van der Waals surface area contributed by atoms with Crippen LogP contribution in [0.3, 0.4) is 0 Å². The van der Waals surface area contributed by atoms with Gasteiger partial charge < -0.3 is 10.4 Å². The van der Waals surface area contributed by atoms with E-state index in [0.717, 1.165) is 37.5 Å². The summed E-state index contributed by atoms with van der Waals surface area (Å²) in [6.45, 7) is 5.44. The van der Waals surface area contributed by atoms with Gasteiger partial charge in [-0.3, -0.25) is 4.90 Å². The number of likely N-dealkylation sites (tertiary alicyclic amines) is 1. The number of rotatable bonds is 7. The first-order valence-electron chi connectivity index (χ1n) is 8.09. The number of nitrogens with zero attached hydrogens (tertiary/aromatic N) is 1. The van der Waals surface area contributed by atoms with Crippen LogP contribution in [0, 0.1) is 0 Å². The van der Waals surface area contributed by atoms with Crippen molar-refractivity contribution < 1.29 is 5.11 Å². The van der Waals surface area contributed by atoms with Gasteiger partial charge in [0.05, 0.1) is 6.61 Å². The molecule has 1 aliphatic rings. The minimum Gasteiger partial charge on any atom is -0.395 e. The van der Waals surface area contributed by atoms with Gasteiger partial charge in [-0.15, -0.1) is 0 Å². The number of hydrogen-bond acceptors (Lipinski definition) is 3. The van der Waals surface area contributed by atoms with Crippen LogP contribution in [0.25, 0.3) is 0 Å². The van der Waals surface area contributed by atoms with Gasteiger partial charge in [0.25, 0.3) is 0 Å². The van der Waals surface area contributed by atoms with Crippen LogP contribution in [0.15, 0.2) is 24.3 Å². The second kappa shape index (κ2) is 8.74. The van der Waals surface area contributed by atoms with Crippen molar-refractivity contribution in [3.05, 3.63) is 34.9 Å². The van der Waals surface area contributed by atoms with Crippen LogP contribution in [0.4, 0.5) is 0 Å². The van der Waals surface area contributed by atoms with Gasteiger partial charge in [-0.2, -0.15) is 0 Å². The van der Waals surface area contributed by atoms with Gasteiger partial charge in [-0.05, 0) is 44.0 Å². The minimum absolute atomic E-state index is 0.276. The highest BCUT2D eigenvalue weighted by Gasteiger charge is 2.23. The quantitative estimate of drug-likeness (QED) is 0.811. The van der Waals surface area contributed by atoms with Gasteiger partial charge in [0, 0.05) is 23.7 Å². The standard InChI is InChI=1S/C17H27ClN2O/c1-2-19-17(15-8-3-4-9-16(15)18)10-12-20-11-6-5-7-14(20)13-21/h3-4,8-9,14,17,19,21H,2,5-7,10-13H2,1H3. The number of halogens is 1. The molecule has 2 N–H and O–H groups in total. The topological polar surface area (TPSA) is 35.5 Å². The van der Waals surface area contributed by atoms with Gasteiger partial charge in [0.2, 0.25) is 0 Å². The van der Waals surface area contributed by atoms with Crippen LogP contribution in [0.1, 0.15) is 44.2 Å². The molecule has 1 heterocycles. The molecule has 0 saturated carbocycles. The Morgan fingerprint density at radius 2 is 2.19 bits per heavy atom. The third-order valence-electron chi connectivity index (χ3n) is 4.40. The van der Waals surface area contributed by atoms with E-state index in [1.807, 2.05) is 18.2 Å². The van der Waals surface area contributed by atoms with Gasteiger partial charge >= 0.3 is 0 Å². The first-order chi connectivity index (χ1) is 10.3. The fourth-order valence-electron chi connectivity index (χ4n) is 3.23. The molecule has 0 aromatic heterocycles. The summed E-state index contributed by atoms with van der Waals surface area (Å²) < 4.78 is 0. The summed E-state index contributed by atoms with van der Waals surface area (Å²) >= 11 is 6.34. The molecule has 2 rings (SSSR count). The Morgan fingerprint density at radius 1 is 1.38 bits per heavy atom. The number of aliphatic hydroxyl groups excluding tert-OH is 1. The van der Waals surface area contributed by atoms with E-state index in [4.69, 9.17) is 11.6 Å². The van der Waals surface area contributed by atoms with Crippen LogP contribution in [-0.2, 0) is 0 Å². The highest BCUT2D eigenvalue weighted by atomic mass is 35.5. The Balaban J connectivity index is 1.98. The second-order valence-corrected chi connectivity index (χ2v) is 6.20. The maximum atomic E-state index is 9.51. The fourth-order valence-corrected chi connectivity index (χ4v) is 3.50. The Bertz CT molecular complexity index is 427. The molecule has 1 aliphatic heterocycles. The largest absolute Gasteiger partial charge is 0.395 e. The maximum Gasteiger partial charge on any atom is 0.0586 e. The average Bonchev–Trinajstić information content (AvgIpc) is 2.52. The molecule has 1 aromatic carbocycles. The Kier molecular flexibility index (Phi) is 6.97. The summed E-state index contributed by atoms with van der Waals surface area (Å²) in [5.74, 6) is 0. The smallest absolute Gasteiger partial charge is 0.0586 e. The second-order valence-electron chi connectivity index (χ2n) is 5.79. The number of aliphatic hydroxyl groups is 1. The Morgan fingerprint density at radius 3 is 2.90 bits per heavy atom. The van der Waals surface area contributed by atoms with E-state index < -0.39 is 0 Å². The monoisotopic (exact) mass is 310 g/mol. The molecule has 1 saturated heterocycles. The van der Waals surface area contributed by atoms with E-state index in [9.17, 15) is 5.11 Å². The summed E-state index contributed by atoms with van der Waals surface area (Å²) in [6, 6.07) is 8.70. The fraction of sp³-hybridized carbons (Fsp3) is 0.647. The molecule has 0 spiro atoms. The first kappa shape index (κ1) is 16.8. The molecular formula is C17H27ClN2O. The third-order valence-corrected chi connectivity index (χ3v) is 4.74. The third kappa shape index (κ3) is 4.68. The Hall–Kier alpha value is -0.610. The van der Waals surface area contributed by atoms with Crippen molar-refractivity contribution in [2.45, 2.75) is 44.7 Å². The van der Waals surface area contributed by atoms with E-state index in [1.54, 1.807) is 0 Å². The summed E-state index contributed by atoms with van der Waals surface area (Å²) in [6.07, 6.45) is 4.62. The molecule has 2 atom stereocenters. The van der Waals surface area contributed by atoms with Crippen LogP contribution in [0.2, 0.25) is 5.02 Å². The van der Waals surface area contributed by atoms with Crippen LogP contribution >= 0.6 is 11.6 Å². The van der Waals surface area contributed by atoms with E-state index in [2.05, 4.69) is 23.2 Å². The van der Waals surface area contributed by atoms with Crippen molar-refractivity contribution in [3.8, 4) is 0 Å². The summed E-state index contributed by atoms with van der Waals surface area (Å²) in [4.78, 5) is 2.44. The lowest BCUT2D eigenvalue weighted by Gasteiger charge is -2.35. The molecule has 1 aromatic rings. The van der Waals surface area contributed by atoms with E-state index >= 15 is 0 Å². The predicted octanol–water partition coefficient (Wildman–Crippen LogP) is 3.23. The summed E-state index contributed by atoms with van der Waals surface area (Å²) in [5, 5.41) is 13.9. The van der Waals surface area contributed by atoms with Crippen molar-refractivity contribution in [3.63, 3.8) is 0 Å². The molecule has 118 valence electrons. The number of hydrogen-bond donors (Lipinski definition) is 2. The van der Waals surface area contributed by atoms with E-state index in [0.29, 0.717) is 6.04 Å². The molecular weight excluding hydrogens is 284 g/mol. The summed E-state index contributed by atoms with van der Waals surface area (Å²) in [7, 11) is 0. The lowest BCUT2D eigenvalue weighted by Crippen LogP contribution is -2.43. The van der Waals surface area contributed by atoms with Crippen molar-refractivity contribution in [2.75, 3.05) is 26.2 Å². The van der Waals surface area contributed by atoms with E-state index in [-0.39, 0.29) is 12.6 Å². The molecule has 2 unspecified atom stereocenters. The van der Waals surface area contributed by atoms with Crippen LogP contribution in [-0.4, -0.2) is 42.3 Å². The van der Waals surface area contributed by atoms with Gasteiger partial charge in [-0.1, -0.05) is 43.1 Å². The van der Waals surface area contributed by atoms with Crippen LogP contribution in [0.5, 0.6) is 0 Å². The van der Waals surface area contributed by atoms with Crippen molar-refractivity contribution >= 4 is 11.6 Å². The molecule has 0 amide bonds. The van der Waals surface area contributed by atoms with Gasteiger partial charge in [0.15, 0.2) is 0 Å². The number of nitrogens with one attached hydrogen (secondary N) is 1. The first-order valence-corrected chi connectivity index (χ1v) is 8.46. The Labute approximate surface area is 133 Å². The SMILES string of the molecule is CCNC(CCN1CCCCC1CO)c1ccccc1Cl. The molecule has 0 radical (unpaired) electrons. The predicted molar refractivity (Wildman–Crippen MR) is 88.8 cm³/mol. The maximum absolute atomic E-state index is 9.51. The minimum atomic E-state index is 0.276. The normalized spacial score (nSPS) is 21.4. The number of piperidine rings is 1. The zero-order valence-electron chi connectivity index (χ0n) is 12.9. The molecule has 21 heavy (non-hydrogen) atoms. The van der Waals surface area contributed by atoms with Crippen molar-refractivity contribution in [2.24, 2.45) is 0 Å². The van der Waals surface area contributed by atoms with Crippen LogP contribution < -0.4 is 5.32 Å². The molecule has 3 nitrogen and oxygen atoms in total. The average molecular weight is 311 g/mol. The molecule has 1 fully saturated rings. The van der Waals surface area contributed by atoms with E-state index in [1.165, 1.54) is 18.4 Å². The molecule has 0 aliphatic carbocycles.